The van der Waals surface area contributed by atoms with Gasteiger partial charge in [-0.3, -0.25) is 0 Å². The second-order valence-corrected chi connectivity index (χ2v) is 14.8. The Hall–Kier alpha value is -0.873. The minimum absolute atomic E-state index is 0.126. The van der Waals surface area contributed by atoms with Gasteiger partial charge < -0.3 is 9.16 Å². The third-order valence-corrected chi connectivity index (χ3v) is 11.7. The summed E-state index contributed by atoms with van der Waals surface area (Å²) in [5.74, 6) is 0.479. The van der Waals surface area contributed by atoms with Crippen molar-refractivity contribution in [3.63, 3.8) is 0 Å². The van der Waals surface area contributed by atoms with Crippen molar-refractivity contribution in [1.29, 1.82) is 0 Å². The molecule has 4 atom stereocenters. The minimum Gasteiger partial charge on any atom is -0.456 e. The molecule has 4 heteroatoms. The molecule has 3 aliphatic rings. The topological polar surface area (TPSA) is 35.5 Å². The molecule has 0 bridgehead atoms. The zero-order valence-corrected chi connectivity index (χ0v) is 18.2. The fourth-order valence-corrected chi connectivity index (χ4v) is 6.41. The Morgan fingerprint density at radius 3 is 2.52 bits per heavy atom. The average Bonchev–Trinajstić information content (AvgIpc) is 2.77. The number of hydrogen-bond donors (Lipinski definition) is 0. The Balaban J connectivity index is 2.17. The highest BCUT2D eigenvalue weighted by Crippen LogP contribution is 2.59. The van der Waals surface area contributed by atoms with Gasteiger partial charge in [0.2, 0.25) is 0 Å². The number of carbonyl (C=O) groups excluding carboxylic acids is 1. The maximum atomic E-state index is 12.6. The number of ether oxygens (including phenoxy) is 1. The van der Waals surface area contributed by atoms with Gasteiger partial charge in [0.05, 0.1) is 5.60 Å². The van der Waals surface area contributed by atoms with Gasteiger partial charge in [-0.1, -0.05) is 32.4 Å². The number of allylic oxidation sites excluding steroid dienone is 1. The Bertz CT molecular complexity index is 655. The molecule has 0 spiro atoms. The first-order valence-corrected chi connectivity index (χ1v) is 12.5. The summed E-state index contributed by atoms with van der Waals surface area (Å²) >= 11 is 0. The maximum Gasteiger partial charge on any atom is 0.334 e. The van der Waals surface area contributed by atoms with Gasteiger partial charge in [-0.05, 0) is 70.2 Å². The van der Waals surface area contributed by atoms with Crippen LogP contribution in [0.5, 0.6) is 0 Å². The van der Waals surface area contributed by atoms with Crippen LogP contribution >= 0.6 is 0 Å². The van der Waals surface area contributed by atoms with Crippen molar-refractivity contribution < 1.29 is 14.0 Å². The van der Waals surface area contributed by atoms with Crippen LogP contribution in [-0.2, 0) is 14.0 Å². The SMILES string of the molecule is CC1=C[C@@]2(O[Si](C)(C)C(C)(C)C)CC=C(C)[C@H]3CC[C@@](C)(OC1=O)[C@@H]32. The standard InChI is InChI=1S/C21H34O3Si/c1-14-9-12-21(24-25(7,8)19(3,4)5)13-15(2)18(22)23-20(6)11-10-16(14)17(20)21/h9,13,16-17H,10-12H2,1-8H3/t16-,17-,20-,21+/m1/s1. The van der Waals surface area contributed by atoms with Gasteiger partial charge in [-0.25, -0.2) is 4.79 Å². The lowest BCUT2D eigenvalue weighted by Gasteiger charge is -2.52. The zero-order valence-electron chi connectivity index (χ0n) is 17.2. The van der Waals surface area contributed by atoms with Crippen molar-refractivity contribution in [1.82, 2.24) is 0 Å². The smallest absolute Gasteiger partial charge is 0.334 e. The molecule has 3 nitrogen and oxygen atoms in total. The molecule has 0 radical (unpaired) electrons. The zero-order chi connectivity index (χ0) is 18.8. The summed E-state index contributed by atoms with van der Waals surface area (Å²) in [5, 5.41) is 0.126. The van der Waals surface area contributed by atoms with Crippen LogP contribution in [0.4, 0.5) is 0 Å². The van der Waals surface area contributed by atoms with Gasteiger partial charge in [0.25, 0.3) is 0 Å². The molecule has 0 unspecified atom stereocenters. The molecular formula is C21H34O3Si. The predicted molar refractivity (Wildman–Crippen MR) is 104 cm³/mol. The van der Waals surface area contributed by atoms with E-state index in [4.69, 9.17) is 9.16 Å². The summed E-state index contributed by atoms with van der Waals surface area (Å²) in [6, 6.07) is 0. The summed E-state index contributed by atoms with van der Waals surface area (Å²) < 4.78 is 13.2. The van der Waals surface area contributed by atoms with Gasteiger partial charge in [0.15, 0.2) is 8.32 Å². The lowest BCUT2D eigenvalue weighted by Crippen LogP contribution is -2.58. The molecule has 3 rings (SSSR count). The molecule has 1 saturated carbocycles. The van der Waals surface area contributed by atoms with Crippen molar-refractivity contribution in [3.05, 3.63) is 23.3 Å². The number of hydrogen-bond acceptors (Lipinski definition) is 3. The van der Waals surface area contributed by atoms with Gasteiger partial charge >= 0.3 is 5.97 Å². The van der Waals surface area contributed by atoms with E-state index in [2.05, 4.69) is 59.9 Å². The van der Waals surface area contributed by atoms with Crippen LogP contribution in [0.1, 0.15) is 60.8 Å². The van der Waals surface area contributed by atoms with Crippen molar-refractivity contribution in [2.45, 2.75) is 90.1 Å². The molecule has 1 heterocycles. The molecule has 25 heavy (non-hydrogen) atoms. The molecule has 0 N–H and O–H groups in total. The Kier molecular flexibility index (Phi) is 4.20. The van der Waals surface area contributed by atoms with E-state index in [9.17, 15) is 4.79 Å². The van der Waals surface area contributed by atoms with Crippen molar-refractivity contribution in [2.24, 2.45) is 11.8 Å². The molecule has 0 aromatic rings. The number of rotatable bonds is 2. The molecule has 0 saturated heterocycles. The van der Waals surface area contributed by atoms with Gasteiger partial charge in [-0.2, -0.15) is 0 Å². The van der Waals surface area contributed by atoms with E-state index >= 15 is 0 Å². The highest BCUT2D eigenvalue weighted by atomic mass is 28.4. The second kappa shape index (κ2) is 5.56. The second-order valence-electron chi connectivity index (χ2n) is 10.1. The van der Waals surface area contributed by atoms with Gasteiger partial charge in [0.1, 0.15) is 5.60 Å². The molecule has 1 fully saturated rings. The van der Waals surface area contributed by atoms with Gasteiger partial charge in [0, 0.05) is 11.5 Å². The average molecular weight is 363 g/mol. The van der Waals surface area contributed by atoms with Gasteiger partial charge in [-0.15, -0.1) is 0 Å². The van der Waals surface area contributed by atoms with Crippen LogP contribution in [0.2, 0.25) is 18.1 Å². The summed E-state index contributed by atoms with van der Waals surface area (Å²) in [4.78, 5) is 12.6. The minimum atomic E-state index is -2.01. The first-order valence-electron chi connectivity index (χ1n) is 9.61. The maximum absolute atomic E-state index is 12.6. The van der Waals surface area contributed by atoms with Crippen molar-refractivity contribution in [3.8, 4) is 0 Å². The number of carbonyl (C=O) groups is 1. The first kappa shape index (κ1) is 18.9. The Labute approximate surface area is 154 Å². The van der Waals surface area contributed by atoms with Crippen LogP contribution in [0.15, 0.2) is 23.3 Å². The monoisotopic (exact) mass is 362 g/mol. The van der Waals surface area contributed by atoms with Crippen LogP contribution in [0.25, 0.3) is 0 Å². The summed E-state index contributed by atoms with van der Waals surface area (Å²) in [6.07, 6.45) is 7.30. The quantitative estimate of drug-likeness (QED) is 0.375. The van der Waals surface area contributed by atoms with E-state index in [0.717, 1.165) is 19.3 Å². The normalized spacial score (nSPS) is 38.5. The van der Waals surface area contributed by atoms with E-state index in [-0.39, 0.29) is 16.9 Å². The highest BCUT2D eigenvalue weighted by Gasteiger charge is 2.62. The lowest BCUT2D eigenvalue weighted by molar-refractivity contribution is -0.162. The van der Waals surface area contributed by atoms with Crippen LogP contribution in [-0.4, -0.2) is 25.5 Å². The predicted octanol–water partition coefficient (Wildman–Crippen LogP) is 5.39. The van der Waals surface area contributed by atoms with E-state index in [1.165, 1.54) is 5.57 Å². The summed E-state index contributed by atoms with van der Waals surface area (Å²) in [6.45, 7) is 17.7. The van der Waals surface area contributed by atoms with E-state index < -0.39 is 19.5 Å². The van der Waals surface area contributed by atoms with E-state index in [1.54, 1.807) is 0 Å². The molecule has 1 aliphatic heterocycles. The molecule has 0 aromatic heterocycles. The molecular weight excluding hydrogens is 328 g/mol. The Morgan fingerprint density at radius 2 is 1.92 bits per heavy atom. The fraction of sp³-hybridized carbons (Fsp3) is 0.762. The molecule has 140 valence electrons. The largest absolute Gasteiger partial charge is 0.456 e. The third-order valence-electron chi connectivity index (χ3n) is 7.23. The van der Waals surface area contributed by atoms with Crippen molar-refractivity contribution >= 4 is 14.3 Å². The summed E-state index contributed by atoms with van der Waals surface area (Å²) in [5.41, 5.74) is 1.27. The van der Waals surface area contributed by atoms with Crippen molar-refractivity contribution in [2.75, 3.05) is 0 Å². The highest BCUT2D eigenvalue weighted by molar-refractivity contribution is 6.74. The molecule has 0 amide bonds. The molecule has 2 aliphatic carbocycles. The number of esters is 1. The van der Waals surface area contributed by atoms with E-state index in [1.807, 2.05) is 6.92 Å². The van der Waals surface area contributed by atoms with Crippen LogP contribution < -0.4 is 0 Å². The first-order chi connectivity index (χ1) is 11.3. The Morgan fingerprint density at radius 1 is 1.28 bits per heavy atom. The lowest BCUT2D eigenvalue weighted by atomic mass is 9.66. The van der Waals surface area contributed by atoms with Crippen LogP contribution in [0.3, 0.4) is 0 Å². The van der Waals surface area contributed by atoms with E-state index in [0.29, 0.717) is 11.5 Å². The fourth-order valence-electron chi connectivity index (χ4n) is 4.88. The third kappa shape index (κ3) is 2.86. The van der Waals surface area contributed by atoms with Crippen LogP contribution in [0, 0.1) is 11.8 Å². The molecule has 0 aromatic carbocycles. The summed E-state index contributed by atoms with van der Waals surface area (Å²) in [7, 11) is -2.01.